The number of ether oxygens (including phenoxy) is 1. The van der Waals surface area contributed by atoms with E-state index in [4.69, 9.17) is 4.74 Å². The lowest BCUT2D eigenvalue weighted by molar-refractivity contribution is -0.0829. The fraction of sp³-hybridized carbons (Fsp3) is 1.00. The van der Waals surface area contributed by atoms with Crippen LogP contribution in [-0.2, 0) is 4.74 Å². The van der Waals surface area contributed by atoms with Crippen molar-refractivity contribution in [1.82, 2.24) is 0 Å². The van der Waals surface area contributed by atoms with E-state index in [0.717, 1.165) is 12.8 Å². The molecule has 10 heavy (non-hydrogen) atoms. The van der Waals surface area contributed by atoms with Crippen molar-refractivity contribution in [2.24, 2.45) is 5.92 Å². The van der Waals surface area contributed by atoms with Gasteiger partial charge in [-0.3, -0.25) is 0 Å². The van der Waals surface area contributed by atoms with E-state index in [1.165, 1.54) is 6.42 Å². The summed E-state index contributed by atoms with van der Waals surface area (Å²) in [6, 6.07) is 0. The first-order valence-corrected chi connectivity index (χ1v) is 3.88. The van der Waals surface area contributed by atoms with Gasteiger partial charge in [0, 0.05) is 7.11 Å². The molecule has 1 rings (SSSR count). The first-order valence-electron chi connectivity index (χ1n) is 3.88. The maximum Gasteiger partial charge on any atom is 0.0879 e. The lowest BCUT2D eigenvalue weighted by Crippen LogP contribution is -2.42. The maximum atomic E-state index is 9.71. The molecule has 1 aliphatic carbocycles. The topological polar surface area (TPSA) is 29.5 Å². The highest BCUT2D eigenvalue weighted by molar-refractivity contribution is 4.87. The zero-order valence-corrected chi connectivity index (χ0v) is 6.76. The highest BCUT2D eigenvalue weighted by atomic mass is 16.5. The Morgan fingerprint density at radius 1 is 1.60 bits per heavy atom. The zero-order valence-electron chi connectivity index (χ0n) is 6.76. The van der Waals surface area contributed by atoms with Crippen molar-refractivity contribution in [3.63, 3.8) is 0 Å². The van der Waals surface area contributed by atoms with Gasteiger partial charge in [-0.05, 0) is 25.7 Å². The minimum atomic E-state index is -0.576. The minimum Gasteiger partial charge on any atom is -0.387 e. The highest BCUT2D eigenvalue weighted by Gasteiger charge is 2.35. The molecule has 60 valence electrons. The van der Waals surface area contributed by atoms with Gasteiger partial charge < -0.3 is 9.84 Å². The van der Waals surface area contributed by atoms with Crippen LogP contribution in [0.3, 0.4) is 0 Å². The van der Waals surface area contributed by atoms with Gasteiger partial charge in [0.2, 0.25) is 0 Å². The fourth-order valence-corrected chi connectivity index (χ4v) is 1.44. The van der Waals surface area contributed by atoms with Gasteiger partial charge in [0.1, 0.15) is 0 Å². The number of methoxy groups -OCH3 is 1. The van der Waals surface area contributed by atoms with Crippen molar-refractivity contribution >= 4 is 0 Å². The Morgan fingerprint density at radius 2 is 2.20 bits per heavy atom. The Morgan fingerprint density at radius 3 is 2.50 bits per heavy atom. The van der Waals surface area contributed by atoms with E-state index in [1.54, 1.807) is 7.11 Å². The Hall–Kier alpha value is -0.0800. The van der Waals surface area contributed by atoms with Crippen LogP contribution in [0.15, 0.2) is 0 Å². The third kappa shape index (κ3) is 1.50. The largest absolute Gasteiger partial charge is 0.387 e. The molecular weight excluding hydrogens is 128 g/mol. The van der Waals surface area contributed by atoms with Crippen molar-refractivity contribution in [1.29, 1.82) is 0 Å². The summed E-state index contributed by atoms with van der Waals surface area (Å²) < 4.78 is 4.91. The van der Waals surface area contributed by atoms with Crippen molar-refractivity contribution in [2.45, 2.75) is 31.8 Å². The minimum absolute atomic E-state index is 0.470. The molecule has 0 saturated heterocycles. The summed E-state index contributed by atoms with van der Waals surface area (Å²) in [5.41, 5.74) is -0.576. The van der Waals surface area contributed by atoms with Gasteiger partial charge in [-0.25, -0.2) is 0 Å². The molecule has 1 unspecified atom stereocenters. The first-order chi connectivity index (χ1) is 4.67. The Bertz CT molecular complexity index is 106. The van der Waals surface area contributed by atoms with E-state index in [1.807, 2.05) is 6.92 Å². The van der Waals surface area contributed by atoms with Crippen LogP contribution >= 0.6 is 0 Å². The molecule has 0 heterocycles. The summed E-state index contributed by atoms with van der Waals surface area (Å²) in [5.74, 6) is 0.479. The fourth-order valence-electron chi connectivity index (χ4n) is 1.44. The molecule has 1 atom stereocenters. The zero-order chi connectivity index (χ0) is 7.61. The molecule has 0 aromatic carbocycles. The lowest BCUT2D eigenvalue weighted by Gasteiger charge is -2.38. The summed E-state index contributed by atoms with van der Waals surface area (Å²) in [6.45, 7) is 2.33. The van der Waals surface area contributed by atoms with Crippen LogP contribution in [0.5, 0.6) is 0 Å². The molecule has 1 N–H and O–H groups in total. The summed E-state index contributed by atoms with van der Waals surface area (Å²) >= 11 is 0. The molecule has 2 nitrogen and oxygen atoms in total. The maximum absolute atomic E-state index is 9.71. The molecule has 0 spiro atoms. The van der Waals surface area contributed by atoms with Gasteiger partial charge >= 0.3 is 0 Å². The van der Waals surface area contributed by atoms with E-state index in [0.29, 0.717) is 12.5 Å². The van der Waals surface area contributed by atoms with Gasteiger partial charge in [-0.1, -0.05) is 6.42 Å². The second-order valence-corrected chi connectivity index (χ2v) is 3.42. The van der Waals surface area contributed by atoms with E-state index in [9.17, 15) is 5.11 Å². The van der Waals surface area contributed by atoms with Crippen molar-refractivity contribution in [3.8, 4) is 0 Å². The van der Waals surface area contributed by atoms with Crippen LogP contribution in [0.25, 0.3) is 0 Å². The Labute approximate surface area is 62.2 Å². The third-order valence-corrected chi connectivity index (χ3v) is 2.42. The van der Waals surface area contributed by atoms with E-state index in [-0.39, 0.29) is 0 Å². The van der Waals surface area contributed by atoms with Crippen LogP contribution in [0.1, 0.15) is 26.2 Å². The molecule has 0 aromatic heterocycles. The molecule has 0 aliphatic heterocycles. The summed E-state index contributed by atoms with van der Waals surface area (Å²) in [6.07, 6.45) is 3.59. The van der Waals surface area contributed by atoms with Crippen LogP contribution in [0.4, 0.5) is 0 Å². The monoisotopic (exact) mass is 144 g/mol. The summed E-state index contributed by atoms with van der Waals surface area (Å²) in [5, 5.41) is 9.71. The standard InChI is InChI=1S/C8H16O2/c1-8(9,6-10-2)7-4-3-5-7/h7,9H,3-6H2,1-2H3. The molecule has 2 heteroatoms. The molecule has 0 bridgehead atoms. The Balaban J connectivity index is 2.33. The van der Waals surface area contributed by atoms with Crippen molar-refractivity contribution in [2.75, 3.05) is 13.7 Å². The van der Waals surface area contributed by atoms with E-state index < -0.39 is 5.60 Å². The van der Waals surface area contributed by atoms with Gasteiger partial charge in [-0.2, -0.15) is 0 Å². The lowest BCUT2D eigenvalue weighted by atomic mass is 9.74. The Kier molecular flexibility index (Phi) is 2.32. The third-order valence-electron chi connectivity index (χ3n) is 2.42. The second kappa shape index (κ2) is 2.89. The molecule has 0 radical (unpaired) electrons. The SMILES string of the molecule is COCC(C)(O)C1CCC1. The summed E-state index contributed by atoms with van der Waals surface area (Å²) in [4.78, 5) is 0. The molecular formula is C8H16O2. The average molecular weight is 144 g/mol. The van der Waals surface area contributed by atoms with Gasteiger partial charge in [0.25, 0.3) is 0 Å². The molecule has 1 fully saturated rings. The van der Waals surface area contributed by atoms with E-state index >= 15 is 0 Å². The molecule has 0 amide bonds. The first kappa shape index (κ1) is 8.02. The van der Waals surface area contributed by atoms with Gasteiger partial charge in [0.15, 0.2) is 0 Å². The predicted octanol–water partition coefficient (Wildman–Crippen LogP) is 1.18. The van der Waals surface area contributed by atoms with Crippen LogP contribution in [-0.4, -0.2) is 24.4 Å². The average Bonchev–Trinajstić information content (AvgIpc) is 1.56. The molecule has 1 saturated carbocycles. The number of aliphatic hydroxyl groups is 1. The van der Waals surface area contributed by atoms with Crippen LogP contribution in [0.2, 0.25) is 0 Å². The van der Waals surface area contributed by atoms with Crippen molar-refractivity contribution < 1.29 is 9.84 Å². The van der Waals surface area contributed by atoms with Gasteiger partial charge in [-0.15, -0.1) is 0 Å². The number of hydrogen-bond donors (Lipinski definition) is 1. The summed E-state index contributed by atoms with van der Waals surface area (Å²) in [7, 11) is 1.63. The normalized spacial score (nSPS) is 25.5. The second-order valence-electron chi connectivity index (χ2n) is 3.42. The molecule has 0 aromatic rings. The van der Waals surface area contributed by atoms with Gasteiger partial charge in [0.05, 0.1) is 12.2 Å². The smallest absolute Gasteiger partial charge is 0.0879 e. The predicted molar refractivity (Wildman–Crippen MR) is 39.8 cm³/mol. The van der Waals surface area contributed by atoms with Crippen molar-refractivity contribution in [3.05, 3.63) is 0 Å². The molecule has 1 aliphatic rings. The van der Waals surface area contributed by atoms with Crippen LogP contribution in [0, 0.1) is 5.92 Å². The number of rotatable bonds is 3. The van der Waals surface area contributed by atoms with Crippen LogP contribution < -0.4 is 0 Å². The quantitative estimate of drug-likeness (QED) is 0.644. The number of hydrogen-bond acceptors (Lipinski definition) is 2. The van der Waals surface area contributed by atoms with E-state index in [2.05, 4.69) is 0 Å². The highest BCUT2D eigenvalue weighted by Crippen LogP contribution is 2.35.